The number of aromatic nitrogens is 3. The van der Waals surface area contributed by atoms with Gasteiger partial charge < -0.3 is 14.8 Å². The molecule has 0 radical (unpaired) electrons. The second-order valence-electron chi connectivity index (χ2n) is 5.82. The maximum atomic E-state index is 12.3. The molecule has 1 aromatic rings. The summed E-state index contributed by atoms with van der Waals surface area (Å²) >= 11 is 0. The minimum Gasteiger partial charge on any atom is -0.464 e. The molecule has 8 nitrogen and oxygen atoms in total. The monoisotopic (exact) mass is 330 g/mol. The number of carbonyl (C=O) groups excluding carboxylic acids is 2. The molecule has 1 heterocycles. The third-order valence-corrected chi connectivity index (χ3v) is 2.75. The van der Waals surface area contributed by atoms with Crippen LogP contribution in [0.5, 0.6) is 0 Å². The van der Waals surface area contributed by atoms with Crippen LogP contribution in [0.4, 0.5) is 9.18 Å². The zero-order valence-corrected chi connectivity index (χ0v) is 13.9. The van der Waals surface area contributed by atoms with E-state index >= 15 is 0 Å². The number of nitrogens with one attached hydrogen (secondary N) is 1. The lowest BCUT2D eigenvalue weighted by atomic mass is 10.2. The maximum Gasteiger partial charge on any atom is 0.407 e. The SMILES string of the molecule is COC(=O)c1nnn(CCCF)c1CCNC(=O)OC(C)(C)C. The van der Waals surface area contributed by atoms with E-state index in [0.717, 1.165) is 0 Å². The van der Waals surface area contributed by atoms with Crippen LogP contribution in [0.2, 0.25) is 0 Å². The summed E-state index contributed by atoms with van der Waals surface area (Å²) < 4.78 is 23.5. The number of alkyl carbamates (subject to hydrolysis) is 1. The number of carbonyl (C=O) groups is 2. The van der Waals surface area contributed by atoms with Crippen LogP contribution >= 0.6 is 0 Å². The van der Waals surface area contributed by atoms with Crippen molar-refractivity contribution < 1.29 is 23.5 Å². The predicted octanol–water partition coefficient (Wildman–Crippen LogP) is 1.49. The van der Waals surface area contributed by atoms with E-state index < -0.39 is 24.3 Å². The molecule has 1 aromatic heterocycles. The maximum absolute atomic E-state index is 12.3. The fraction of sp³-hybridized carbons (Fsp3) is 0.714. The number of aryl methyl sites for hydroxylation is 1. The number of nitrogens with zero attached hydrogens (tertiary/aromatic N) is 3. The molecule has 0 aliphatic heterocycles. The molecule has 130 valence electrons. The first-order valence-electron chi connectivity index (χ1n) is 7.32. The molecule has 0 unspecified atom stereocenters. The average molecular weight is 330 g/mol. The van der Waals surface area contributed by atoms with Gasteiger partial charge in [-0.2, -0.15) is 0 Å². The highest BCUT2D eigenvalue weighted by atomic mass is 19.1. The lowest BCUT2D eigenvalue weighted by molar-refractivity contribution is 0.0528. The second-order valence-corrected chi connectivity index (χ2v) is 5.82. The molecular formula is C14H23FN4O4. The third-order valence-electron chi connectivity index (χ3n) is 2.75. The molecule has 0 saturated carbocycles. The molecule has 23 heavy (non-hydrogen) atoms. The molecule has 0 aromatic carbocycles. The van der Waals surface area contributed by atoms with Crippen LogP contribution < -0.4 is 5.32 Å². The molecule has 0 spiro atoms. The molecule has 9 heteroatoms. The second kappa shape index (κ2) is 8.44. The first-order valence-corrected chi connectivity index (χ1v) is 7.32. The Hall–Kier alpha value is -2.19. The molecule has 0 bridgehead atoms. The van der Waals surface area contributed by atoms with Gasteiger partial charge in [-0.1, -0.05) is 5.21 Å². The standard InChI is InChI=1S/C14H23FN4O4/c1-14(2,3)23-13(21)16-8-6-10-11(12(20)22-4)17-18-19(10)9-5-7-15/h5-9H2,1-4H3,(H,16,21). The third kappa shape index (κ3) is 6.21. The number of rotatable bonds is 7. The number of ether oxygens (including phenoxy) is 2. The number of alkyl halides is 1. The van der Waals surface area contributed by atoms with E-state index in [2.05, 4.69) is 20.4 Å². The smallest absolute Gasteiger partial charge is 0.407 e. The van der Waals surface area contributed by atoms with Crippen LogP contribution in [-0.2, 0) is 22.4 Å². The van der Waals surface area contributed by atoms with Gasteiger partial charge in [-0.15, -0.1) is 5.10 Å². The number of halogens is 1. The van der Waals surface area contributed by atoms with Crippen LogP contribution in [0.25, 0.3) is 0 Å². The van der Waals surface area contributed by atoms with Crippen molar-refractivity contribution in [1.82, 2.24) is 20.3 Å². The van der Waals surface area contributed by atoms with E-state index in [1.807, 2.05) is 0 Å². The van der Waals surface area contributed by atoms with Crippen LogP contribution in [0.1, 0.15) is 43.4 Å². The Balaban J connectivity index is 2.71. The summed E-state index contributed by atoms with van der Waals surface area (Å²) in [5.41, 5.74) is -0.0372. The number of esters is 1. The van der Waals surface area contributed by atoms with E-state index in [-0.39, 0.29) is 18.7 Å². The quantitative estimate of drug-likeness (QED) is 0.761. The fourth-order valence-electron chi connectivity index (χ4n) is 1.82. The molecule has 0 atom stereocenters. The van der Waals surface area contributed by atoms with E-state index in [1.54, 1.807) is 20.8 Å². The van der Waals surface area contributed by atoms with Gasteiger partial charge in [0.1, 0.15) is 5.60 Å². The van der Waals surface area contributed by atoms with Crippen LogP contribution in [-0.4, -0.2) is 53.0 Å². The molecule has 1 amide bonds. The predicted molar refractivity (Wildman–Crippen MR) is 79.9 cm³/mol. The summed E-state index contributed by atoms with van der Waals surface area (Å²) in [5, 5.41) is 10.2. The lowest BCUT2D eigenvalue weighted by Crippen LogP contribution is -2.34. The van der Waals surface area contributed by atoms with Crippen molar-refractivity contribution in [2.24, 2.45) is 0 Å². The van der Waals surface area contributed by atoms with Gasteiger partial charge in [0.05, 0.1) is 19.5 Å². The highest BCUT2D eigenvalue weighted by Crippen LogP contribution is 2.10. The zero-order chi connectivity index (χ0) is 17.5. The highest BCUT2D eigenvalue weighted by Gasteiger charge is 2.21. The first kappa shape index (κ1) is 18.9. The van der Waals surface area contributed by atoms with Crippen molar-refractivity contribution in [3.8, 4) is 0 Å². The molecule has 0 fully saturated rings. The fourth-order valence-corrected chi connectivity index (χ4v) is 1.82. The largest absolute Gasteiger partial charge is 0.464 e. The van der Waals surface area contributed by atoms with E-state index in [9.17, 15) is 14.0 Å². The van der Waals surface area contributed by atoms with E-state index in [0.29, 0.717) is 18.7 Å². The van der Waals surface area contributed by atoms with Gasteiger partial charge in [0, 0.05) is 19.5 Å². The van der Waals surface area contributed by atoms with Crippen LogP contribution in [0.3, 0.4) is 0 Å². The van der Waals surface area contributed by atoms with Gasteiger partial charge in [-0.3, -0.25) is 4.39 Å². The molecule has 1 N–H and O–H groups in total. The number of amides is 1. The van der Waals surface area contributed by atoms with Crippen molar-refractivity contribution in [2.75, 3.05) is 20.3 Å². The minimum atomic E-state index is -0.622. The number of methoxy groups -OCH3 is 1. The Morgan fingerprint density at radius 3 is 2.61 bits per heavy atom. The van der Waals surface area contributed by atoms with Gasteiger partial charge in [0.2, 0.25) is 0 Å². The van der Waals surface area contributed by atoms with Gasteiger partial charge in [-0.05, 0) is 27.2 Å². The average Bonchev–Trinajstić information content (AvgIpc) is 2.85. The van der Waals surface area contributed by atoms with E-state index in [4.69, 9.17) is 4.74 Å². The van der Waals surface area contributed by atoms with E-state index in [1.165, 1.54) is 11.8 Å². The molecule has 0 aliphatic carbocycles. The summed E-state index contributed by atoms with van der Waals surface area (Å²) in [5.74, 6) is -0.622. The Morgan fingerprint density at radius 1 is 1.35 bits per heavy atom. The highest BCUT2D eigenvalue weighted by molar-refractivity contribution is 5.88. The normalized spacial score (nSPS) is 11.2. The minimum absolute atomic E-state index is 0.0670. The topological polar surface area (TPSA) is 95.3 Å². The number of hydrogen-bond donors (Lipinski definition) is 1. The van der Waals surface area contributed by atoms with Crippen molar-refractivity contribution in [3.63, 3.8) is 0 Å². The van der Waals surface area contributed by atoms with Crippen molar-refractivity contribution >= 4 is 12.1 Å². The Morgan fingerprint density at radius 2 is 2.04 bits per heavy atom. The summed E-state index contributed by atoms with van der Waals surface area (Å²) in [6.07, 6.45) is -0.000658. The summed E-state index contributed by atoms with van der Waals surface area (Å²) in [6.45, 7) is 5.31. The summed E-state index contributed by atoms with van der Waals surface area (Å²) in [4.78, 5) is 23.3. The van der Waals surface area contributed by atoms with Crippen LogP contribution in [0.15, 0.2) is 0 Å². The first-order chi connectivity index (χ1) is 10.8. The summed E-state index contributed by atoms with van der Waals surface area (Å²) in [6, 6.07) is 0. The zero-order valence-electron chi connectivity index (χ0n) is 13.9. The molecule has 1 rings (SSSR count). The summed E-state index contributed by atoms with van der Waals surface area (Å²) in [7, 11) is 1.24. The Bertz CT molecular complexity index is 539. The molecular weight excluding hydrogens is 307 g/mol. The van der Waals surface area contributed by atoms with Crippen LogP contribution in [0, 0.1) is 0 Å². The molecule has 0 aliphatic rings. The number of hydrogen-bond acceptors (Lipinski definition) is 6. The Kier molecular flexibility index (Phi) is 6.92. The van der Waals surface area contributed by atoms with Gasteiger partial charge in [-0.25, -0.2) is 14.3 Å². The van der Waals surface area contributed by atoms with Gasteiger partial charge >= 0.3 is 12.1 Å². The van der Waals surface area contributed by atoms with Gasteiger partial charge in [0.15, 0.2) is 5.69 Å². The van der Waals surface area contributed by atoms with Crippen molar-refractivity contribution in [1.29, 1.82) is 0 Å². The lowest BCUT2D eigenvalue weighted by Gasteiger charge is -2.19. The van der Waals surface area contributed by atoms with Gasteiger partial charge in [0.25, 0.3) is 0 Å². The van der Waals surface area contributed by atoms with Crippen molar-refractivity contribution in [2.45, 2.75) is 45.8 Å². The molecule has 0 saturated heterocycles. The van der Waals surface area contributed by atoms with Crippen molar-refractivity contribution in [3.05, 3.63) is 11.4 Å². The Labute approximate surface area is 134 Å².